The molecule has 0 bridgehead atoms. The Morgan fingerprint density at radius 2 is 1.03 bits per heavy atom. The summed E-state index contributed by atoms with van der Waals surface area (Å²) in [6.45, 7) is 36.8. The van der Waals surface area contributed by atoms with E-state index in [2.05, 4.69) is 72.5 Å². The van der Waals surface area contributed by atoms with Gasteiger partial charge in [-0.25, -0.2) is 0 Å². The average molecular weight is 685 g/mol. The molecule has 1 atom stereocenters. The monoisotopic (exact) mass is 685 g/mol. The van der Waals surface area contributed by atoms with Crippen LogP contribution in [-0.4, -0.2) is 26.5 Å². The SMILES string of the molecule is C[Si](C)(C)C(P1N=C1c1ccc(C(F)(F)F)cc1)[Si](C)(C)C.[C-]#[O+].[C-]#[O+].[C-]#[O+].[C-]#[O+].[C-]#[O+].[W]. The van der Waals surface area contributed by atoms with Crippen LogP contribution in [0.4, 0.5) is 13.2 Å². The number of alkyl halides is 3. The minimum Gasteiger partial charge on any atom is 0 e. The van der Waals surface area contributed by atoms with E-state index >= 15 is 0 Å². The first-order valence-corrected chi connectivity index (χ1v) is 16.9. The molecule has 13 heteroatoms. The van der Waals surface area contributed by atoms with Crippen molar-refractivity contribution in [3.05, 3.63) is 68.6 Å². The first-order chi connectivity index (χ1) is 14.8. The van der Waals surface area contributed by atoms with Crippen molar-refractivity contribution in [2.24, 2.45) is 4.76 Å². The third-order valence-electron chi connectivity index (χ3n) is 3.74. The summed E-state index contributed by atoms with van der Waals surface area (Å²) in [5.74, 6) is 0. The Balaban J connectivity index is -0.000000210. The Morgan fingerprint density at radius 3 is 1.27 bits per heavy atom. The first kappa shape index (κ1) is 42.1. The zero-order valence-corrected chi connectivity index (χ0v) is 24.7. The van der Waals surface area contributed by atoms with E-state index < -0.39 is 36.0 Å². The van der Waals surface area contributed by atoms with Crippen LogP contribution >= 0.6 is 8.07 Å². The molecule has 0 fully saturated rings. The molecule has 2 rings (SSSR count). The van der Waals surface area contributed by atoms with Crippen LogP contribution in [0, 0.1) is 33.3 Å². The van der Waals surface area contributed by atoms with Crippen molar-refractivity contribution in [3.63, 3.8) is 0 Å². The molecule has 0 amide bonds. The Morgan fingerprint density at radius 1 is 0.727 bits per heavy atom. The van der Waals surface area contributed by atoms with Crippen LogP contribution in [0.15, 0.2) is 29.0 Å². The van der Waals surface area contributed by atoms with Crippen LogP contribution in [0.2, 0.25) is 39.3 Å². The van der Waals surface area contributed by atoms with Crippen molar-refractivity contribution in [2.45, 2.75) is 50.4 Å². The number of halogens is 3. The van der Waals surface area contributed by atoms with Crippen LogP contribution in [0.3, 0.4) is 0 Å². The van der Waals surface area contributed by atoms with Crippen LogP contribution in [0.25, 0.3) is 0 Å². The van der Waals surface area contributed by atoms with E-state index in [-0.39, 0.29) is 21.1 Å². The Bertz CT molecular complexity index is 760. The normalized spacial score (nSPS) is 13.2. The number of rotatable bonds is 4. The van der Waals surface area contributed by atoms with E-state index in [0.717, 1.165) is 11.0 Å². The van der Waals surface area contributed by atoms with E-state index in [1.807, 2.05) is 0 Å². The summed E-state index contributed by atoms with van der Waals surface area (Å²) in [6.07, 6.45) is -4.27. The summed E-state index contributed by atoms with van der Waals surface area (Å²) in [4.78, 5) is 0.687. The molecule has 0 saturated heterocycles. The number of nitrogens with zero attached hydrogens (tertiary/aromatic N) is 1. The van der Waals surface area contributed by atoms with E-state index in [0.29, 0.717) is 4.91 Å². The quantitative estimate of drug-likeness (QED) is 0.165. The van der Waals surface area contributed by atoms with E-state index in [4.69, 9.17) is 28.0 Å². The van der Waals surface area contributed by atoms with Gasteiger partial charge in [-0.3, -0.25) is 4.76 Å². The molecule has 0 aromatic heterocycles. The summed E-state index contributed by atoms with van der Waals surface area (Å²) in [5, 5.41) is 0. The molecular weight excluding hydrogens is 662 g/mol. The third kappa shape index (κ3) is 15.5. The summed E-state index contributed by atoms with van der Waals surface area (Å²) < 4.78 is 80.1. The van der Waals surface area contributed by atoms with Gasteiger partial charge in [-0.05, 0) is 17.0 Å². The molecule has 1 unspecified atom stereocenters. The summed E-state index contributed by atoms with van der Waals surface area (Å²) >= 11 is 0. The first-order valence-electron chi connectivity index (χ1n) is 8.39. The fraction of sp³-hybridized carbons (Fsp3) is 0.400. The van der Waals surface area contributed by atoms with Gasteiger partial charge in [-0.15, -0.1) is 0 Å². The fourth-order valence-corrected chi connectivity index (χ4v) is 21.8. The van der Waals surface area contributed by atoms with Gasteiger partial charge in [0.2, 0.25) is 0 Å². The van der Waals surface area contributed by atoms with Gasteiger partial charge < -0.3 is 0 Å². The maximum atomic E-state index is 12.6. The van der Waals surface area contributed by atoms with Gasteiger partial charge >= 0.3 is 62.7 Å². The molecule has 0 radical (unpaired) electrons. The summed E-state index contributed by atoms with van der Waals surface area (Å²) in [6, 6.07) is 5.49. The minimum absolute atomic E-state index is 0. The Kier molecular flexibility index (Phi) is 25.9. The molecule has 6 nitrogen and oxygen atoms in total. The maximum Gasteiger partial charge on any atom is 0 e. The van der Waals surface area contributed by atoms with Gasteiger partial charge in [-0.2, -0.15) is 13.2 Å². The van der Waals surface area contributed by atoms with Crippen molar-refractivity contribution < 1.29 is 57.5 Å². The largest absolute Gasteiger partial charge is 0 e. The molecule has 178 valence electrons. The van der Waals surface area contributed by atoms with Crippen molar-refractivity contribution in [1.82, 2.24) is 0 Å². The van der Waals surface area contributed by atoms with Gasteiger partial charge in [-0.1, -0.05) is 51.4 Å². The second-order valence-electron chi connectivity index (χ2n) is 7.98. The minimum atomic E-state index is -4.27. The topological polar surface area (TPSA) is 112 Å². The van der Waals surface area contributed by atoms with E-state index in [1.54, 1.807) is 12.1 Å². The van der Waals surface area contributed by atoms with Crippen molar-refractivity contribution in [3.8, 4) is 0 Å². The zero-order chi connectivity index (χ0) is 26.9. The third-order valence-corrected chi connectivity index (χ3v) is 19.8. The van der Waals surface area contributed by atoms with Crippen molar-refractivity contribution in [2.75, 3.05) is 0 Å². The van der Waals surface area contributed by atoms with Crippen molar-refractivity contribution in [1.29, 1.82) is 0 Å². The molecule has 1 heterocycles. The molecule has 0 N–H and O–H groups in total. The second kappa shape index (κ2) is 20.3. The van der Waals surface area contributed by atoms with Crippen LogP contribution in [-0.2, 0) is 50.5 Å². The predicted molar refractivity (Wildman–Crippen MR) is 115 cm³/mol. The Labute approximate surface area is 210 Å². The average Bonchev–Trinajstić information content (AvgIpc) is 3.52. The molecule has 1 aromatic rings. The van der Waals surface area contributed by atoms with Crippen LogP contribution < -0.4 is 0 Å². The van der Waals surface area contributed by atoms with Crippen LogP contribution in [0.1, 0.15) is 11.1 Å². The molecular formula is C20H23F3NO5PSi2W. The molecule has 0 saturated carbocycles. The molecule has 33 heavy (non-hydrogen) atoms. The van der Waals surface area contributed by atoms with E-state index in [9.17, 15) is 13.2 Å². The number of hydrogen-bond acceptors (Lipinski definition) is 1. The summed E-state index contributed by atoms with van der Waals surface area (Å²) in [5.41, 5.74) is 1.35. The summed E-state index contributed by atoms with van der Waals surface area (Å²) in [7, 11) is -3.17. The second-order valence-corrected chi connectivity index (χ2v) is 22.0. The van der Waals surface area contributed by atoms with Gasteiger partial charge in [0.25, 0.3) is 0 Å². The number of hydrogen-bond donors (Lipinski definition) is 0. The standard InChI is InChI=1S/C15H23F3NPSi2.5CO.W/c1-21(2,3)14(22(4,5)6)20-13(19-20)11-7-9-12(10-8-11)15(16,17)18;5*1-2;/h7-10,14H,1-6H3;;;;;;. The molecule has 0 aliphatic carbocycles. The fourth-order valence-electron chi connectivity index (χ4n) is 3.29. The smallest absolute Gasteiger partial charge is 0 e. The van der Waals surface area contributed by atoms with Crippen LogP contribution in [0.5, 0.6) is 0 Å². The van der Waals surface area contributed by atoms with Gasteiger partial charge in [0.1, 0.15) is 0 Å². The molecule has 1 aliphatic rings. The number of benzene rings is 1. The van der Waals surface area contributed by atoms with Gasteiger partial charge in [0, 0.05) is 26.6 Å². The van der Waals surface area contributed by atoms with E-state index in [1.165, 1.54) is 12.1 Å². The predicted octanol–water partition coefficient (Wildman–Crippen LogP) is 5.80. The van der Waals surface area contributed by atoms with Gasteiger partial charge in [0.05, 0.1) is 35.2 Å². The molecule has 0 spiro atoms. The van der Waals surface area contributed by atoms with Gasteiger partial charge in [0.15, 0.2) is 0 Å². The Hall–Kier alpha value is -1.07. The molecule has 1 aliphatic heterocycles. The maximum absolute atomic E-state index is 12.6. The molecule has 1 aromatic carbocycles. The van der Waals surface area contributed by atoms with Crippen molar-refractivity contribution >= 4 is 29.7 Å². The zero-order valence-electron chi connectivity index (χ0n) is 18.9.